The molecule has 0 spiro atoms. The van der Waals surface area contributed by atoms with Crippen LogP contribution < -0.4 is 14.4 Å². The fraction of sp³-hybridized carbons (Fsp3) is 0.385. The summed E-state index contributed by atoms with van der Waals surface area (Å²) >= 11 is 0. The van der Waals surface area contributed by atoms with Crippen molar-refractivity contribution >= 4 is 23.1 Å². The van der Waals surface area contributed by atoms with Gasteiger partial charge < -0.3 is 19.1 Å². The van der Waals surface area contributed by atoms with Crippen molar-refractivity contribution in [3.8, 4) is 11.5 Å². The first kappa shape index (κ1) is 22.9. The molecular weight excluding hydrogens is 420 g/mol. The molecule has 2 unspecified atom stereocenters. The minimum atomic E-state index is -0.354. The molecule has 7 nitrogen and oxygen atoms in total. The Morgan fingerprint density at radius 3 is 2.21 bits per heavy atom. The number of hydrogen-bond donors (Lipinski definition) is 0. The van der Waals surface area contributed by atoms with E-state index in [1.165, 1.54) is 4.90 Å². The first-order valence-electron chi connectivity index (χ1n) is 11.2. The molecule has 0 radical (unpaired) electrons. The molecule has 2 amide bonds. The lowest BCUT2D eigenvalue weighted by molar-refractivity contribution is -0.121. The number of hydrogen-bond acceptors (Lipinski definition) is 6. The van der Waals surface area contributed by atoms with Crippen LogP contribution in [0.15, 0.2) is 54.2 Å². The zero-order valence-corrected chi connectivity index (χ0v) is 19.7. The molecule has 0 saturated carbocycles. The van der Waals surface area contributed by atoms with Gasteiger partial charge in [-0.15, -0.1) is 0 Å². The Labute approximate surface area is 194 Å². The Balaban J connectivity index is 1.79. The number of imide groups is 1. The smallest absolute Gasteiger partial charge is 0.282 e. The van der Waals surface area contributed by atoms with Gasteiger partial charge in [0.15, 0.2) is 0 Å². The molecule has 2 aromatic rings. The highest BCUT2D eigenvalue weighted by Gasteiger charge is 2.44. The van der Waals surface area contributed by atoms with Gasteiger partial charge in [-0.2, -0.15) is 0 Å². The molecule has 174 valence electrons. The van der Waals surface area contributed by atoms with Crippen molar-refractivity contribution < 1.29 is 23.8 Å². The zero-order chi connectivity index (χ0) is 23.7. The SMILES string of the molecule is COc1cccc(N2C(=O)C(c3ccc(OC(C)C)cc3)=C(N3CC(C)OC(C)C3)C2=O)c1. The summed E-state index contributed by atoms with van der Waals surface area (Å²) in [6.45, 7) is 8.93. The van der Waals surface area contributed by atoms with Crippen LogP contribution in [0.1, 0.15) is 33.3 Å². The fourth-order valence-electron chi connectivity index (χ4n) is 4.39. The third-order valence-corrected chi connectivity index (χ3v) is 5.62. The van der Waals surface area contributed by atoms with Crippen molar-refractivity contribution in [3.63, 3.8) is 0 Å². The molecule has 0 aliphatic carbocycles. The van der Waals surface area contributed by atoms with Crippen molar-refractivity contribution in [1.29, 1.82) is 0 Å². The summed E-state index contributed by atoms with van der Waals surface area (Å²) in [6, 6.07) is 14.3. The van der Waals surface area contributed by atoms with Gasteiger partial charge in [-0.05, 0) is 57.5 Å². The number of carbonyl (C=O) groups is 2. The Bertz CT molecular complexity index is 1070. The quantitative estimate of drug-likeness (QED) is 0.623. The van der Waals surface area contributed by atoms with E-state index >= 15 is 0 Å². The Morgan fingerprint density at radius 1 is 0.939 bits per heavy atom. The number of anilines is 1. The van der Waals surface area contributed by atoms with E-state index in [1.54, 1.807) is 31.4 Å². The lowest BCUT2D eigenvalue weighted by atomic mass is 10.0. The van der Waals surface area contributed by atoms with Gasteiger partial charge in [0.05, 0.1) is 36.7 Å². The van der Waals surface area contributed by atoms with Crippen molar-refractivity contribution in [3.05, 3.63) is 59.8 Å². The Kier molecular flexibility index (Phi) is 6.42. The van der Waals surface area contributed by atoms with Crippen molar-refractivity contribution in [2.45, 2.75) is 46.0 Å². The van der Waals surface area contributed by atoms with E-state index in [-0.39, 0.29) is 30.1 Å². The highest BCUT2D eigenvalue weighted by Crippen LogP contribution is 2.37. The molecule has 1 fully saturated rings. The average molecular weight is 451 g/mol. The normalized spacial score (nSPS) is 21.3. The molecule has 0 aromatic heterocycles. The van der Waals surface area contributed by atoms with Gasteiger partial charge in [-0.25, -0.2) is 4.90 Å². The van der Waals surface area contributed by atoms with Crippen LogP contribution in [0.4, 0.5) is 5.69 Å². The minimum Gasteiger partial charge on any atom is -0.497 e. The first-order chi connectivity index (χ1) is 15.8. The summed E-state index contributed by atoms with van der Waals surface area (Å²) in [5.41, 5.74) is 1.95. The maximum absolute atomic E-state index is 13.7. The van der Waals surface area contributed by atoms with Gasteiger partial charge in [0.25, 0.3) is 11.8 Å². The van der Waals surface area contributed by atoms with Gasteiger partial charge in [0, 0.05) is 19.2 Å². The van der Waals surface area contributed by atoms with E-state index in [2.05, 4.69) is 0 Å². The molecule has 2 atom stereocenters. The van der Waals surface area contributed by atoms with Gasteiger partial charge in [-0.1, -0.05) is 18.2 Å². The molecule has 4 rings (SSSR count). The zero-order valence-electron chi connectivity index (χ0n) is 19.7. The van der Waals surface area contributed by atoms with E-state index in [9.17, 15) is 9.59 Å². The number of morpholine rings is 1. The minimum absolute atomic E-state index is 0.0418. The summed E-state index contributed by atoms with van der Waals surface area (Å²) in [7, 11) is 1.55. The van der Waals surface area contributed by atoms with Gasteiger partial charge in [-0.3, -0.25) is 9.59 Å². The number of carbonyl (C=O) groups excluding carboxylic acids is 2. The predicted molar refractivity (Wildman–Crippen MR) is 126 cm³/mol. The summed E-state index contributed by atoms with van der Waals surface area (Å²) in [4.78, 5) is 30.6. The maximum Gasteiger partial charge on any atom is 0.282 e. The summed E-state index contributed by atoms with van der Waals surface area (Å²) in [6.07, 6.45) is -0.0728. The maximum atomic E-state index is 13.7. The van der Waals surface area contributed by atoms with E-state index in [4.69, 9.17) is 14.2 Å². The molecule has 2 aromatic carbocycles. The lowest BCUT2D eigenvalue weighted by Gasteiger charge is -2.37. The van der Waals surface area contributed by atoms with E-state index in [0.717, 1.165) is 0 Å². The second-order valence-electron chi connectivity index (χ2n) is 8.72. The molecule has 0 bridgehead atoms. The van der Waals surface area contributed by atoms with E-state index in [1.807, 2.05) is 56.9 Å². The van der Waals surface area contributed by atoms with Gasteiger partial charge in [0.2, 0.25) is 0 Å². The number of nitrogens with zero attached hydrogens (tertiary/aromatic N) is 2. The molecule has 2 heterocycles. The third-order valence-electron chi connectivity index (χ3n) is 5.62. The predicted octanol–water partition coefficient (Wildman–Crippen LogP) is 3.88. The standard InChI is InChI=1S/C26H30N2O5/c1-16(2)32-21-11-9-19(10-12-21)23-24(27-14-17(3)33-18(4)15-27)26(30)28(25(23)29)20-7-6-8-22(13-20)31-5/h6-13,16-18H,14-15H2,1-5H3. The average Bonchev–Trinajstić information content (AvgIpc) is 3.03. The van der Waals surface area contributed by atoms with Crippen LogP contribution in [0.2, 0.25) is 0 Å². The molecule has 2 aliphatic rings. The topological polar surface area (TPSA) is 68.3 Å². The molecule has 33 heavy (non-hydrogen) atoms. The molecule has 0 N–H and O–H groups in total. The third kappa shape index (κ3) is 4.59. The van der Waals surface area contributed by atoms with Crippen LogP contribution in [0, 0.1) is 0 Å². The first-order valence-corrected chi connectivity index (χ1v) is 11.2. The second-order valence-corrected chi connectivity index (χ2v) is 8.72. The molecular formula is C26H30N2O5. The van der Waals surface area contributed by atoms with Crippen LogP contribution in [-0.2, 0) is 14.3 Å². The Morgan fingerprint density at radius 2 is 1.61 bits per heavy atom. The van der Waals surface area contributed by atoms with Gasteiger partial charge in [0.1, 0.15) is 17.2 Å². The summed E-state index contributed by atoms with van der Waals surface area (Å²) in [5.74, 6) is 0.595. The van der Waals surface area contributed by atoms with Crippen LogP contribution in [0.3, 0.4) is 0 Å². The fourth-order valence-corrected chi connectivity index (χ4v) is 4.39. The second kappa shape index (κ2) is 9.27. The van der Waals surface area contributed by atoms with E-state index in [0.29, 0.717) is 47.1 Å². The van der Waals surface area contributed by atoms with Crippen LogP contribution >= 0.6 is 0 Å². The number of methoxy groups -OCH3 is 1. The van der Waals surface area contributed by atoms with Crippen LogP contribution in [0.25, 0.3) is 5.57 Å². The largest absolute Gasteiger partial charge is 0.497 e. The van der Waals surface area contributed by atoms with Gasteiger partial charge >= 0.3 is 0 Å². The monoisotopic (exact) mass is 450 g/mol. The van der Waals surface area contributed by atoms with E-state index < -0.39 is 0 Å². The molecule has 7 heteroatoms. The lowest BCUT2D eigenvalue weighted by Crippen LogP contribution is -2.47. The molecule has 2 aliphatic heterocycles. The number of benzene rings is 2. The number of rotatable bonds is 6. The Hall–Kier alpha value is -3.32. The highest BCUT2D eigenvalue weighted by molar-refractivity contribution is 6.45. The highest BCUT2D eigenvalue weighted by atomic mass is 16.5. The summed E-state index contributed by atoms with van der Waals surface area (Å²) in [5, 5.41) is 0. The van der Waals surface area contributed by atoms with Crippen molar-refractivity contribution in [2.75, 3.05) is 25.1 Å². The number of ether oxygens (including phenoxy) is 3. The van der Waals surface area contributed by atoms with Crippen LogP contribution in [0.5, 0.6) is 11.5 Å². The summed E-state index contributed by atoms with van der Waals surface area (Å²) < 4.78 is 16.9. The van der Waals surface area contributed by atoms with Crippen molar-refractivity contribution in [2.24, 2.45) is 0 Å². The number of amides is 2. The van der Waals surface area contributed by atoms with Crippen molar-refractivity contribution in [1.82, 2.24) is 4.90 Å². The van der Waals surface area contributed by atoms with Crippen LogP contribution in [-0.4, -0.2) is 55.2 Å². The molecule has 1 saturated heterocycles.